The predicted octanol–water partition coefficient (Wildman–Crippen LogP) is 1.77. The summed E-state index contributed by atoms with van der Waals surface area (Å²) in [5.74, 6) is -2.32. The first-order valence-electron chi connectivity index (χ1n) is 6.77. The normalized spacial score (nSPS) is 9.88. The van der Waals surface area contributed by atoms with E-state index in [2.05, 4.69) is 26.8 Å². The number of aromatic hydroxyl groups is 1. The largest absolute Gasteiger partial charge is 0.507 e. The van der Waals surface area contributed by atoms with Gasteiger partial charge in [0.05, 0.1) is 0 Å². The standard InChI is InChI=1S/C16H13BrN2O5/c17-11-7-5-10(6-8-11)15(22)19-18-14(21)9-24-16(23)12-3-1-2-4-13(12)20/h1-8,20H,9H2,(H,18,21)(H,19,22). The van der Waals surface area contributed by atoms with E-state index >= 15 is 0 Å². The quantitative estimate of drug-likeness (QED) is 0.543. The van der Waals surface area contributed by atoms with Crippen LogP contribution in [0.2, 0.25) is 0 Å². The fraction of sp³-hybridized carbons (Fsp3) is 0.0625. The SMILES string of the molecule is O=C(COC(=O)c1ccccc1O)NNC(=O)c1ccc(Br)cc1. The number of amides is 2. The third kappa shape index (κ3) is 4.82. The maximum absolute atomic E-state index is 11.8. The number of carbonyl (C=O) groups is 3. The molecule has 0 saturated heterocycles. The van der Waals surface area contributed by atoms with Crippen LogP contribution >= 0.6 is 15.9 Å². The predicted molar refractivity (Wildman–Crippen MR) is 88.1 cm³/mol. The van der Waals surface area contributed by atoms with Crippen molar-refractivity contribution in [1.29, 1.82) is 0 Å². The number of rotatable bonds is 4. The Bertz CT molecular complexity index is 761. The van der Waals surface area contributed by atoms with Gasteiger partial charge in [0.1, 0.15) is 11.3 Å². The molecular weight excluding hydrogens is 380 g/mol. The fourth-order valence-corrected chi connectivity index (χ4v) is 1.96. The van der Waals surface area contributed by atoms with E-state index in [9.17, 15) is 19.5 Å². The zero-order valence-corrected chi connectivity index (χ0v) is 13.9. The van der Waals surface area contributed by atoms with Crippen LogP contribution < -0.4 is 10.9 Å². The minimum Gasteiger partial charge on any atom is -0.507 e. The molecule has 0 aliphatic carbocycles. The minimum atomic E-state index is -0.845. The van der Waals surface area contributed by atoms with E-state index in [0.717, 1.165) is 4.47 Å². The highest BCUT2D eigenvalue weighted by Gasteiger charge is 2.14. The number of ether oxygens (including phenoxy) is 1. The molecule has 0 aliphatic rings. The molecule has 7 nitrogen and oxygen atoms in total. The van der Waals surface area contributed by atoms with Crippen molar-refractivity contribution in [2.24, 2.45) is 0 Å². The molecule has 0 saturated carbocycles. The van der Waals surface area contributed by atoms with E-state index in [1.807, 2.05) is 0 Å². The zero-order chi connectivity index (χ0) is 17.5. The van der Waals surface area contributed by atoms with Gasteiger partial charge in [-0.2, -0.15) is 0 Å². The fourth-order valence-electron chi connectivity index (χ4n) is 1.69. The molecule has 0 spiro atoms. The summed E-state index contributed by atoms with van der Waals surface area (Å²) in [6, 6.07) is 12.3. The number of hydrogen-bond acceptors (Lipinski definition) is 5. The van der Waals surface area contributed by atoms with Gasteiger partial charge in [-0.05, 0) is 36.4 Å². The molecule has 124 valence electrons. The van der Waals surface area contributed by atoms with E-state index < -0.39 is 24.4 Å². The highest BCUT2D eigenvalue weighted by molar-refractivity contribution is 9.10. The first kappa shape index (κ1) is 17.5. The molecule has 3 N–H and O–H groups in total. The maximum atomic E-state index is 11.8. The lowest BCUT2D eigenvalue weighted by Crippen LogP contribution is -2.43. The Kier molecular flexibility index (Phi) is 5.91. The van der Waals surface area contributed by atoms with E-state index in [1.54, 1.807) is 36.4 Å². The number of para-hydroxylation sites is 1. The Morgan fingerprint density at radius 3 is 2.33 bits per heavy atom. The molecule has 0 unspecified atom stereocenters. The minimum absolute atomic E-state index is 0.0517. The Labute approximate surface area is 145 Å². The summed E-state index contributed by atoms with van der Waals surface area (Å²) in [7, 11) is 0. The molecule has 2 aromatic carbocycles. The lowest BCUT2D eigenvalue weighted by atomic mass is 10.2. The summed E-state index contributed by atoms with van der Waals surface area (Å²) in [6.45, 7) is -0.603. The molecular formula is C16H13BrN2O5. The van der Waals surface area contributed by atoms with Crippen molar-refractivity contribution in [3.63, 3.8) is 0 Å². The smallest absolute Gasteiger partial charge is 0.342 e. The molecule has 0 aliphatic heterocycles. The number of hydrogen-bond donors (Lipinski definition) is 3. The van der Waals surface area contributed by atoms with Crippen molar-refractivity contribution in [2.75, 3.05) is 6.61 Å². The van der Waals surface area contributed by atoms with Crippen molar-refractivity contribution < 1.29 is 24.2 Å². The third-order valence-electron chi connectivity index (χ3n) is 2.88. The number of esters is 1. The highest BCUT2D eigenvalue weighted by atomic mass is 79.9. The second-order valence-corrected chi connectivity index (χ2v) is 5.52. The number of phenols is 1. The van der Waals surface area contributed by atoms with Crippen LogP contribution in [0.1, 0.15) is 20.7 Å². The van der Waals surface area contributed by atoms with Gasteiger partial charge in [-0.25, -0.2) is 4.79 Å². The van der Waals surface area contributed by atoms with Gasteiger partial charge in [0.15, 0.2) is 6.61 Å². The summed E-state index contributed by atoms with van der Waals surface area (Å²) < 4.78 is 5.57. The number of hydrazine groups is 1. The van der Waals surface area contributed by atoms with Crippen molar-refractivity contribution >= 4 is 33.7 Å². The zero-order valence-electron chi connectivity index (χ0n) is 12.3. The number of nitrogens with one attached hydrogen (secondary N) is 2. The van der Waals surface area contributed by atoms with Gasteiger partial charge in [-0.15, -0.1) is 0 Å². The van der Waals surface area contributed by atoms with Crippen LogP contribution in [0.15, 0.2) is 53.0 Å². The van der Waals surface area contributed by atoms with Crippen LogP contribution in [-0.4, -0.2) is 29.5 Å². The number of halogens is 1. The van der Waals surface area contributed by atoms with Crippen LogP contribution in [0.5, 0.6) is 5.75 Å². The molecule has 0 heterocycles. The average Bonchev–Trinajstić information content (AvgIpc) is 2.58. The summed E-state index contributed by atoms with van der Waals surface area (Å²) >= 11 is 3.25. The molecule has 2 amide bonds. The van der Waals surface area contributed by atoms with Crippen LogP contribution in [0, 0.1) is 0 Å². The molecule has 2 aromatic rings. The first-order valence-corrected chi connectivity index (χ1v) is 7.56. The van der Waals surface area contributed by atoms with Crippen LogP contribution in [0.25, 0.3) is 0 Å². The van der Waals surface area contributed by atoms with Gasteiger partial charge < -0.3 is 9.84 Å². The van der Waals surface area contributed by atoms with Crippen molar-refractivity contribution in [1.82, 2.24) is 10.9 Å². The topological polar surface area (TPSA) is 105 Å². The molecule has 0 radical (unpaired) electrons. The van der Waals surface area contributed by atoms with Gasteiger partial charge in [0.25, 0.3) is 11.8 Å². The molecule has 0 atom stereocenters. The van der Waals surface area contributed by atoms with E-state index in [0.29, 0.717) is 5.56 Å². The van der Waals surface area contributed by atoms with E-state index in [4.69, 9.17) is 4.74 Å². The summed E-state index contributed by atoms with van der Waals surface area (Å²) in [5, 5.41) is 9.51. The van der Waals surface area contributed by atoms with Gasteiger partial charge in [-0.1, -0.05) is 28.1 Å². The third-order valence-corrected chi connectivity index (χ3v) is 3.41. The van der Waals surface area contributed by atoms with Gasteiger partial charge in [0, 0.05) is 10.0 Å². The Morgan fingerprint density at radius 2 is 1.67 bits per heavy atom. The van der Waals surface area contributed by atoms with Crippen LogP contribution in [0.3, 0.4) is 0 Å². The van der Waals surface area contributed by atoms with Crippen LogP contribution in [-0.2, 0) is 9.53 Å². The second kappa shape index (κ2) is 8.11. The Hall–Kier alpha value is -2.87. The lowest BCUT2D eigenvalue weighted by molar-refractivity contribution is -0.125. The Morgan fingerprint density at radius 1 is 1.00 bits per heavy atom. The average molecular weight is 393 g/mol. The van der Waals surface area contributed by atoms with Crippen LogP contribution in [0.4, 0.5) is 0 Å². The molecule has 24 heavy (non-hydrogen) atoms. The van der Waals surface area contributed by atoms with E-state index in [1.165, 1.54) is 12.1 Å². The van der Waals surface area contributed by atoms with E-state index in [-0.39, 0.29) is 11.3 Å². The van der Waals surface area contributed by atoms with Crippen molar-refractivity contribution in [3.8, 4) is 5.75 Å². The second-order valence-electron chi connectivity index (χ2n) is 4.60. The summed E-state index contributed by atoms with van der Waals surface area (Å²) in [6.07, 6.45) is 0. The molecule has 8 heteroatoms. The Balaban J connectivity index is 1.79. The number of phenolic OH excluding ortho intramolecular Hbond substituents is 1. The maximum Gasteiger partial charge on any atom is 0.342 e. The number of benzene rings is 2. The molecule has 0 fully saturated rings. The molecule has 0 bridgehead atoms. The molecule has 0 aromatic heterocycles. The van der Waals surface area contributed by atoms with Gasteiger partial charge >= 0.3 is 5.97 Å². The van der Waals surface area contributed by atoms with Crippen molar-refractivity contribution in [3.05, 3.63) is 64.1 Å². The summed E-state index contributed by atoms with van der Waals surface area (Å²) in [5.41, 5.74) is 4.63. The highest BCUT2D eigenvalue weighted by Crippen LogP contribution is 2.16. The monoisotopic (exact) mass is 392 g/mol. The lowest BCUT2D eigenvalue weighted by Gasteiger charge is -2.08. The number of carbonyl (C=O) groups excluding carboxylic acids is 3. The van der Waals surface area contributed by atoms with Gasteiger partial charge in [-0.3, -0.25) is 20.4 Å². The van der Waals surface area contributed by atoms with Gasteiger partial charge in [0.2, 0.25) is 0 Å². The first-order chi connectivity index (χ1) is 11.5. The van der Waals surface area contributed by atoms with Crippen molar-refractivity contribution in [2.45, 2.75) is 0 Å². The summed E-state index contributed by atoms with van der Waals surface area (Å²) in [4.78, 5) is 35.1. The molecule has 2 rings (SSSR count).